The molecule has 5 atom stereocenters. The lowest BCUT2D eigenvalue weighted by molar-refractivity contribution is -0.274. The van der Waals surface area contributed by atoms with Crippen LogP contribution in [0.3, 0.4) is 0 Å². The van der Waals surface area contributed by atoms with Crippen LogP contribution >= 0.6 is 0 Å². The summed E-state index contributed by atoms with van der Waals surface area (Å²) in [5.41, 5.74) is 0.810. The highest BCUT2D eigenvalue weighted by atomic mass is 19.4. The molecule has 0 spiro atoms. The van der Waals surface area contributed by atoms with E-state index in [0.29, 0.717) is 40.9 Å². The van der Waals surface area contributed by atoms with Gasteiger partial charge in [0.05, 0.1) is 12.3 Å². The molecule has 4 N–H and O–H groups in total. The number of rotatable bonds is 9. The van der Waals surface area contributed by atoms with Crippen LogP contribution < -0.4 is 20.7 Å². The summed E-state index contributed by atoms with van der Waals surface area (Å²) in [6, 6.07) is 9.14. The minimum atomic E-state index is -4.79. The highest BCUT2D eigenvalue weighted by Gasteiger charge is 2.55. The van der Waals surface area contributed by atoms with Crippen molar-refractivity contribution in [3.05, 3.63) is 41.6 Å². The molecular formula is C30H37F3N6O2. The quantitative estimate of drug-likeness (QED) is 0.319. The Hall–Kier alpha value is -3.10. The number of nitriles is 1. The molecule has 5 fully saturated rings. The Kier molecular flexibility index (Phi) is 7.72. The summed E-state index contributed by atoms with van der Waals surface area (Å²) >= 11 is 0. The van der Waals surface area contributed by atoms with Crippen LogP contribution in [0.2, 0.25) is 0 Å². The van der Waals surface area contributed by atoms with E-state index in [1.54, 1.807) is 12.1 Å². The van der Waals surface area contributed by atoms with E-state index < -0.39 is 6.36 Å². The normalized spacial score (nSPS) is 32.4. The van der Waals surface area contributed by atoms with Gasteiger partial charge in [-0.2, -0.15) is 10.2 Å². The zero-order valence-electron chi connectivity index (χ0n) is 23.0. The standard InChI is InChI=1S/C30H37F3N6O2/c31-30(32,33)41-25-4-2-1-3-19(25)15-35-28-36-16-22(14-34)27(39-28)37-17-29-11-18-9-20(12-29)26(21(10-18)13-29)38-23-5-7-24(40)8-6-23/h1-4,16,18,20-21,23-24,26,38,40H,5-13,15,17H2,(H2,35,36,37,39)/t18?,20-,21+,23-,24+,26-,29+. The molecule has 220 valence electrons. The molecule has 1 aromatic carbocycles. The third-order valence-corrected chi connectivity index (χ3v) is 9.70. The maximum absolute atomic E-state index is 12.8. The van der Waals surface area contributed by atoms with Crippen LogP contribution in [0.5, 0.6) is 5.75 Å². The van der Waals surface area contributed by atoms with Gasteiger partial charge in [0.25, 0.3) is 0 Å². The van der Waals surface area contributed by atoms with Crippen molar-refractivity contribution >= 4 is 11.8 Å². The van der Waals surface area contributed by atoms with Crippen molar-refractivity contribution in [3.8, 4) is 11.8 Å². The monoisotopic (exact) mass is 570 g/mol. The van der Waals surface area contributed by atoms with E-state index in [4.69, 9.17) is 0 Å². The lowest BCUT2D eigenvalue weighted by Gasteiger charge is -2.61. The number of alkyl halides is 3. The van der Waals surface area contributed by atoms with Gasteiger partial charge >= 0.3 is 6.36 Å². The van der Waals surface area contributed by atoms with E-state index >= 15 is 0 Å². The molecule has 2 aromatic rings. The molecule has 4 bridgehead atoms. The smallest absolute Gasteiger partial charge is 0.405 e. The summed E-state index contributed by atoms with van der Waals surface area (Å²) in [6.07, 6.45) is 6.42. The van der Waals surface area contributed by atoms with Gasteiger partial charge in [-0.1, -0.05) is 18.2 Å². The lowest BCUT2D eigenvalue weighted by atomic mass is 9.47. The average molecular weight is 571 g/mol. The number of anilines is 2. The molecule has 7 rings (SSSR count). The van der Waals surface area contributed by atoms with E-state index in [9.17, 15) is 23.5 Å². The predicted octanol–water partition coefficient (Wildman–Crippen LogP) is 5.36. The van der Waals surface area contributed by atoms with Gasteiger partial charge in [-0.05, 0) is 87.0 Å². The zero-order valence-corrected chi connectivity index (χ0v) is 23.0. The molecule has 0 saturated heterocycles. The van der Waals surface area contributed by atoms with Crippen molar-refractivity contribution in [2.75, 3.05) is 17.2 Å². The number of aliphatic hydroxyl groups is 1. The Morgan fingerprint density at radius 1 is 1.05 bits per heavy atom. The number of aromatic nitrogens is 2. The zero-order chi connectivity index (χ0) is 28.6. The fraction of sp³-hybridized carbons (Fsp3) is 0.633. The lowest BCUT2D eigenvalue weighted by Crippen LogP contribution is -2.61. The van der Waals surface area contributed by atoms with E-state index in [1.807, 2.05) is 0 Å². The van der Waals surface area contributed by atoms with Crippen LogP contribution in [0.25, 0.3) is 0 Å². The van der Waals surface area contributed by atoms with Crippen molar-refractivity contribution in [1.82, 2.24) is 15.3 Å². The highest BCUT2D eigenvalue weighted by molar-refractivity contribution is 5.53. The second-order valence-corrected chi connectivity index (χ2v) is 12.6. The molecule has 11 heteroatoms. The van der Waals surface area contributed by atoms with Crippen molar-refractivity contribution in [2.45, 2.75) is 88.9 Å². The first-order valence-electron chi connectivity index (χ1n) is 14.7. The summed E-state index contributed by atoms with van der Waals surface area (Å²) in [5.74, 6) is 2.41. The minimum absolute atomic E-state index is 0.0287. The number of benzene rings is 1. The van der Waals surface area contributed by atoms with Crippen LogP contribution in [0.4, 0.5) is 24.9 Å². The Morgan fingerprint density at radius 2 is 1.78 bits per heavy atom. The van der Waals surface area contributed by atoms with Gasteiger partial charge in [0.15, 0.2) is 0 Å². The number of para-hydroxylation sites is 1. The van der Waals surface area contributed by atoms with E-state index in [2.05, 4.69) is 36.7 Å². The van der Waals surface area contributed by atoms with Gasteiger partial charge in [0, 0.05) is 30.7 Å². The first-order valence-corrected chi connectivity index (χ1v) is 14.7. The minimum Gasteiger partial charge on any atom is -0.405 e. The number of ether oxygens (including phenoxy) is 1. The van der Waals surface area contributed by atoms with E-state index in [0.717, 1.165) is 51.0 Å². The number of nitrogens with zero attached hydrogens (tertiary/aromatic N) is 3. The molecule has 41 heavy (non-hydrogen) atoms. The fourth-order valence-electron chi connectivity index (χ4n) is 8.20. The van der Waals surface area contributed by atoms with Crippen LogP contribution in [-0.4, -0.2) is 46.2 Å². The summed E-state index contributed by atoms with van der Waals surface area (Å²) in [7, 11) is 0. The first-order chi connectivity index (χ1) is 19.7. The second kappa shape index (κ2) is 11.3. The molecule has 1 unspecified atom stereocenters. The number of hydrogen-bond acceptors (Lipinski definition) is 8. The van der Waals surface area contributed by atoms with Crippen molar-refractivity contribution in [1.29, 1.82) is 5.26 Å². The molecule has 1 heterocycles. The third kappa shape index (κ3) is 6.38. The maximum atomic E-state index is 12.8. The van der Waals surface area contributed by atoms with Crippen LogP contribution in [0.15, 0.2) is 30.5 Å². The van der Waals surface area contributed by atoms with Crippen LogP contribution in [-0.2, 0) is 6.54 Å². The van der Waals surface area contributed by atoms with Crippen LogP contribution in [0.1, 0.15) is 68.9 Å². The molecule has 1 aromatic heterocycles. The van der Waals surface area contributed by atoms with Gasteiger partial charge in [-0.3, -0.25) is 0 Å². The summed E-state index contributed by atoms with van der Waals surface area (Å²) in [4.78, 5) is 8.73. The average Bonchev–Trinajstić information content (AvgIpc) is 2.93. The van der Waals surface area contributed by atoms with Gasteiger partial charge in [-0.15, -0.1) is 13.2 Å². The summed E-state index contributed by atoms with van der Waals surface area (Å²) in [5, 5.41) is 30.0. The molecule has 5 aliphatic rings. The van der Waals surface area contributed by atoms with Gasteiger partial charge in [0.1, 0.15) is 23.2 Å². The second-order valence-electron chi connectivity index (χ2n) is 12.6. The Balaban J connectivity index is 1.10. The fourth-order valence-corrected chi connectivity index (χ4v) is 8.20. The topological polar surface area (TPSA) is 115 Å². The SMILES string of the molecule is N#Cc1cnc(NCc2ccccc2OC(F)(F)F)nc1NC[C@@]12CC3C[C@H](C1)[C@@H](N[C@H]1CC[C@@H](O)CC1)[C@@H](C3)C2. The van der Waals surface area contributed by atoms with E-state index in [-0.39, 0.29) is 29.8 Å². The van der Waals surface area contributed by atoms with Gasteiger partial charge in [0.2, 0.25) is 5.95 Å². The van der Waals surface area contributed by atoms with Crippen molar-refractivity contribution in [3.63, 3.8) is 0 Å². The van der Waals surface area contributed by atoms with E-state index in [1.165, 1.54) is 37.6 Å². The molecule has 5 aliphatic carbocycles. The Labute approximate surface area is 238 Å². The molecule has 0 aliphatic heterocycles. The molecular weight excluding hydrogens is 533 g/mol. The maximum Gasteiger partial charge on any atom is 0.573 e. The van der Waals surface area contributed by atoms with Gasteiger partial charge in [-0.25, -0.2) is 4.98 Å². The summed E-state index contributed by atoms with van der Waals surface area (Å²) in [6.45, 7) is 0.757. The largest absolute Gasteiger partial charge is 0.573 e. The number of halogens is 3. The molecule has 8 nitrogen and oxygen atoms in total. The first kappa shape index (κ1) is 28.0. The molecule has 5 saturated carbocycles. The Morgan fingerprint density at radius 3 is 2.49 bits per heavy atom. The number of aliphatic hydroxyl groups excluding tert-OH is 1. The molecule has 0 radical (unpaired) electrons. The number of nitrogens with one attached hydrogen (secondary N) is 3. The third-order valence-electron chi connectivity index (χ3n) is 9.70. The highest BCUT2D eigenvalue weighted by Crippen LogP contribution is 2.60. The van der Waals surface area contributed by atoms with Crippen molar-refractivity contribution in [2.24, 2.45) is 23.2 Å². The van der Waals surface area contributed by atoms with Crippen LogP contribution in [0, 0.1) is 34.5 Å². The Bertz CT molecular complexity index is 1260. The molecule has 0 amide bonds. The van der Waals surface area contributed by atoms with Gasteiger partial charge < -0.3 is 25.8 Å². The number of hydrogen-bond donors (Lipinski definition) is 4. The predicted molar refractivity (Wildman–Crippen MR) is 147 cm³/mol. The van der Waals surface area contributed by atoms with Crippen molar-refractivity contribution < 1.29 is 23.0 Å². The summed E-state index contributed by atoms with van der Waals surface area (Å²) < 4.78 is 42.5.